The average Bonchev–Trinajstić information content (AvgIpc) is 3.14. The van der Waals surface area contributed by atoms with Crippen LogP contribution in [0.25, 0.3) is 22.3 Å². The topological polar surface area (TPSA) is 53.6 Å². The lowest BCUT2D eigenvalue weighted by atomic mass is 10.1. The van der Waals surface area contributed by atoms with Crippen molar-refractivity contribution in [3.05, 3.63) is 34.9 Å². The van der Waals surface area contributed by atoms with Crippen LogP contribution < -0.4 is 5.32 Å². The molecule has 0 spiro atoms. The van der Waals surface area contributed by atoms with Crippen LogP contribution in [0.2, 0.25) is 0 Å². The molecule has 1 aliphatic rings. The predicted molar refractivity (Wildman–Crippen MR) is 81.8 cm³/mol. The van der Waals surface area contributed by atoms with E-state index in [4.69, 9.17) is 4.98 Å². The van der Waals surface area contributed by atoms with E-state index in [1.165, 1.54) is 24.3 Å². The van der Waals surface area contributed by atoms with Crippen molar-refractivity contribution in [3.8, 4) is 11.3 Å². The minimum absolute atomic E-state index is 0.436. The fourth-order valence-electron chi connectivity index (χ4n) is 2.80. The Morgan fingerprint density at radius 1 is 1.30 bits per heavy atom. The van der Waals surface area contributed by atoms with Gasteiger partial charge in [0.15, 0.2) is 0 Å². The quantitative estimate of drug-likeness (QED) is 0.757. The normalized spacial score (nSPS) is 19.5. The summed E-state index contributed by atoms with van der Waals surface area (Å²) in [6.45, 7) is 1.11. The molecule has 1 aliphatic heterocycles. The average molecular weight is 284 g/mol. The minimum Gasteiger partial charge on any atom is -0.345 e. The number of piperidine rings is 1. The lowest BCUT2D eigenvalue weighted by Gasteiger charge is -2.21. The molecule has 4 nitrogen and oxygen atoms in total. The molecule has 2 N–H and O–H groups in total. The third kappa shape index (κ3) is 2.03. The van der Waals surface area contributed by atoms with E-state index in [0.29, 0.717) is 6.04 Å². The van der Waals surface area contributed by atoms with Gasteiger partial charge in [-0.3, -0.25) is 0 Å². The highest BCUT2D eigenvalue weighted by Crippen LogP contribution is 2.32. The Kier molecular flexibility index (Phi) is 3.01. The summed E-state index contributed by atoms with van der Waals surface area (Å²) in [6, 6.07) is 4.49. The molecule has 0 amide bonds. The first-order valence-corrected chi connectivity index (χ1v) is 7.91. The number of thiazole rings is 1. The number of pyridine rings is 1. The number of fused-ring (bicyclic) bond motifs is 1. The molecule has 1 fully saturated rings. The Hall–Kier alpha value is -1.72. The third-order valence-corrected chi connectivity index (χ3v) is 4.82. The molecule has 4 heterocycles. The van der Waals surface area contributed by atoms with E-state index in [2.05, 4.69) is 26.7 Å². The summed E-state index contributed by atoms with van der Waals surface area (Å²) in [4.78, 5) is 12.4. The van der Waals surface area contributed by atoms with Gasteiger partial charge in [-0.1, -0.05) is 6.42 Å². The van der Waals surface area contributed by atoms with Gasteiger partial charge in [-0.05, 0) is 31.5 Å². The molecule has 102 valence electrons. The number of rotatable bonds is 2. The summed E-state index contributed by atoms with van der Waals surface area (Å²) in [6.07, 6.45) is 7.58. The molecule has 0 radical (unpaired) electrons. The van der Waals surface area contributed by atoms with Gasteiger partial charge in [0.2, 0.25) is 0 Å². The van der Waals surface area contributed by atoms with Crippen LogP contribution >= 0.6 is 11.3 Å². The molecule has 1 atom stereocenters. The number of hydrogen-bond acceptors (Lipinski definition) is 4. The van der Waals surface area contributed by atoms with Crippen LogP contribution in [0, 0.1) is 0 Å². The van der Waals surface area contributed by atoms with E-state index in [9.17, 15) is 0 Å². The van der Waals surface area contributed by atoms with E-state index >= 15 is 0 Å². The second-order valence-electron chi connectivity index (χ2n) is 5.18. The Bertz CT molecular complexity index is 724. The van der Waals surface area contributed by atoms with Crippen LogP contribution in [0.1, 0.15) is 30.3 Å². The number of H-pyrrole nitrogens is 1. The number of hydrogen-bond donors (Lipinski definition) is 2. The summed E-state index contributed by atoms with van der Waals surface area (Å²) >= 11 is 1.75. The summed E-state index contributed by atoms with van der Waals surface area (Å²) in [5.41, 5.74) is 3.12. The van der Waals surface area contributed by atoms with Crippen LogP contribution in [0.15, 0.2) is 29.9 Å². The summed E-state index contributed by atoms with van der Waals surface area (Å²) in [5, 5.41) is 8.06. The van der Waals surface area contributed by atoms with Gasteiger partial charge in [0, 0.05) is 28.7 Å². The molecule has 0 aromatic carbocycles. The van der Waals surface area contributed by atoms with Crippen molar-refractivity contribution < 1.29 is 0 Å². The SMILES string of the molecule is c1cnc2[nH]cc(-c3csc(C4CCCCN4)n3)c2c1. The Morgan fingerprint density at radius 2 is 2.30 bits per heavy atom. The highest BCUT2D eigenvalue weighted by atomic mass is 32.1. The van der Waals surface area contributed by atoms with Gasteiger partial charge in [0.05, 0.1) is 11.7 Å². The van der Waals surface area contributed by atoms with Crippen molar-refractivity contribution in [2.45, 2.75) is 25.3 Å². The lowest BCUT2D eigenvalue weighted by Crippen LogP contribution is -2.26. The van der Waals surface area contributed by atoms with Gasteiger partial charge in [-0.2, -0.15) is 0 Å². The highest BCUT2D eigenvalue weighted by molar-refractivity contribution is 7.10. The van der Waals surface area contributed by atoms with E-state index in [-0.39, 0.29) is 0 Å². The van der Waals surface area contributed by atoms with Crippen molar-refractivity contribution in [3.63, 3.8) is 0 Å². The third-order valence-electron chi connectivity index (χ3n) is 3.86. The minimum atomic E-state index is 0.436. The van der Waals surface area contributed by atoms with Crippen molar-refractivity contribution in [1.29, 1.82) is 0 Å². The van der Waals surface area contributed by atoms with Gasteiger partial charge >= 0.3 is 0 Å². The van der Waals surface area contributed by atoms with Gasteiger partial charge in [0.25, 0.3) is 0 Å². The van der Waals surface area contributed by atoms with E-state index < -0.39 is 0 Å². The fourth-order valence-corrected chi connectivity index (χ4v) is 3.73. The first-order valence-electron chi connectivity index (χ1n) is 7.03. The Labute approximate surface area is 121 Å². The highest BCUT2D eigenvalue weighted by Gasteiger charge is 2.19. The van der Waals surface area contributed by atoms with Crippen LogP contribution in [0.5, 0.6) is 0 Å². The summed E-state index contributed by atoms with van der Waals surface area (Å²) in [5.74, 6) is 0. The number of aromatic nitrogens is 3. The first kappa shape index (κ1) is 12.1. The molecule has 5 heteroatoms. The van der Waals surface area contributed by atoms with Gasteiger partial charge in [-0.15, -0.1) is 11.3 Å². The molecule has 0 saturated carbocycles. The monoisotopic (exact) mass is 284 g/mol. The van der Waals surface area contributed by atoms with Crippen molar-refractivity contribution in [1.82, 2.24) is 20.3 Å². The van der Waals surface area contributed by atoms with Crippen LogP contribution in [-0.2, 0) is 0 Å². The van der Waals surface area contributed by atoms with Gasteiger partial charge in [0.1, 0.15) is 10.7 Å². The molecule has 0 bridgehead atoms. The maximum atomic E-state index is 4.83. The number of aromatic amines is 1. The molecule has 1 unspecified atom stereocenters. The zero-order valence-electron chi connectivity index (χ0n) is 11.1. The second-order valence-corrected chi connectivity index (χ2v) is 6.07. The van der Waals surface area contributed by atoms with Gasteiger partial charge < -0.3 is 10.3 Å². The van der Waals surface area contributed by atoms with Crippen LogP contribution in [-0.4, -0.2) is 21.5 Å². The molecule has 0 aliphatic carbocycles. The number of nitrogens with zero attached hydrogens (tertiary/aromatic N) is 2. The van der Waals surface area contributed by atoms with Crippen LogP contribution in [0.4, 0.5) is 0 Å². The Balaban J connectivity index is 1.70. The number of nitrogens with one attached hydrogen (secondary N) is 2. The lowest BCUT2D eigenvalue weighted by molar-refractivity contribution is 0.411. The van der Waals surface area contributed by atoms with Gasteiger partial charge in [-0.25, -0.2) is 9.97 Å². The zero-order valence-corrected chi connectivity index (χ0v) is 11.9. The predicted octanol–water partition coefficient (Wildman–Crippen LogP) is 3.50. The Morgan fingerprint density at radius 3 is 3.20 bits per heavy atom. The molecular weight excluding hydrogens is 268 g/mol. The van der Waals surface area contributed by atoms with Crippen molar-refractivity contribution >= 4 is 22.4 Å². The summed E-state index contributed by atoms with van der Waals surface area (Å²) in [7, 11) is 0. The van der Waals surface area contributed by atoms with Crippen LogP contribution in [0.3, 0.4) is 0 Å². The maximum absolute atomic E-state index is 4.83. The molecular formula is C15H16N4S. The summed E-state index contributed by atoms with van der Waals surface area (Å²) < 4.78 is 0. The largest absolute Gasteiger partial charge is 0.345 e. The molecule has 3 aromatic rings. The van der Waals surface area contributed by atoms with E-state index in [0.717, 1.165) is 28.8 Å². The molecule has 1 saturated heterocycles. The second kappa shape index (κ2) is 5.00. The van der Waals surface area contributed by atoms with Crippen molar-refractivity contribution in [2.75, 3.05) is 6.54 Å². The smallest absolute Gasteiger partial charge is 0.137 e. The first-order chi connectivity index (χ1) is 9.92. The van der Waals surface area contributed by atoms with E-state index in [1.54, 1.807) is 17.5 Å². The molecule has 4 rings (SSSR count). The molecule has 3 aromatic heterocycles. The zero-order chi connectivity index (χ0) is 13.4. The van der Waals surface area contributed by atoms with E-state index in [1.807, 2.05) is 12.3 Å². The molecule has 20 heavy (non-hydrogen) atoms. The van der Waals surface area contributed by atoms with Crippen molar-refractivity contribution in [2.24, 2.45) is 0 Å². The fraction of sp³-hybridized carbons (Fsp3) is 0.333. The standard InChI is InChI=1S/C15H16N4S/c1-2-6-16-12(5-1)15-19-13(9-20-15)11-8-18-14-10(11)4-3-7-17-14/h3-4,7-9,12,16H,1-2,5-6H2,(H,17,18). The maximum Gasteiger partial charge on any atom is 0.137 e.